The van der Waals surface area contributed by atoms with Crippen LogP contribution in [0.4, 0.5) is 0 Å². The summed E-state index contributed by atoms with van der Waals surface area (Å²) in [7, 11) is 0. The highest BCUT2D eigenvalue weighted by molar-refractivity contribution is 8.27. The molecule has 6 heteroatoms. The molecule has 2 heterocycles. The van der Waals surface area contributed by atoms with Gasteiger partial charge in [0.15, 0.2) is 0 Å². The lowest BCUT2D eigenvalue weighted by Gasteiger charge is -2.26. The van der Waals surface area contributed by atoms with Crippen molar-refractivity contribution in [3.05, 3.63) is 186 Å². The number of hydrogen-bond acceptors (Lipinski definition) is 5. The van der Waals surface area contributed by atoms with Crippen molar-refractivity contribution in [2.75, 3.05) is 0 Å². The van der Waals surface area contributed by atoms with Crippen LogP contribution in [0.2, 0.25) is 0 Å². The van der Waals surface area contributed by atoms with Crippen LogP contribution in [0.15, 0.2) is 169 Å². The van der Waals surface area contributed by atoms with E-state index in [1.165, 1.54) is 10.8 Å². The van der Waals surface area contributed by atoms with Gasteiger partial charge in [-0.25, -0.2) is 4.99 Å². The Morgan fingerprint density at radius 3 is 1.90 bits per heavy atom. The molecule has 0 amide bonds. The quantitative estimate of drug-likeness (QED) is 0.125. The van der Waals surface area contributed by atoms with Crippen molar-refractivity contribution >= 4 is 55.2 Å². The van der Waals surface area contributed by atoms with Gasteiger partial charge in [-0.1, -0.05) is 151 Å². The molecule has 8 rings (SSSR count). The molecule has 5 nitrogen and oxygen atoms in total. The van der Waals surface area contributed by atoms with Crippen molar-refractivity contribution in [3.63, 3.8) is 0 Å². The molecule has 0 saturated carbocycles. The summed E-state index contributed by atoms with van der Waals surface area (Å²) in [6.07, 6.45) is 1.79. The van der Waals surface area contributed by atoms with Gasteiger partial charge in [-0.15, -0.1) is 0 Å². The van der Waals surface area contributed by atoms with Crippen LogP contribution in [0.3, 0.4) is 0 Å². The van der Waals surface area contributed by atoms with Gasteiger partial charge in [0.1, 0.15) is 22.1 Å². The average Bonchev–Trinajstić information content (AvgIpc) is 3.50. The first-order valence-electron chi connectivity index (χ1n) is 15.8. The summed E-state index contributed by atoms with van der Waals surface area (Å²) in [5, 5.41) is 24.5. The molecule has 1 atom stereocenters. The fourth-order valence-electron chi connectivity index (χ4n) is 6.39. The van der Waals surface area contributed by atoms with Gasteiger partial charge in [0.05, 0.1) is 11.0 Å². The number of amidine groups is 1. The highest BCUT2D eigenvalue weighted by Gasteiger charge is 2.25. The number of rotatable bonds is 6. The number of para-hydroxylation sites is 2. The third-order valence-corrected chi connectivity index (χ3v) is 9.52. The minimum absolute atomic E-state index is 0.311. The molecule has 1 aromatic heterocycles. The second-order valence-electron chi connectivity index (χ2n) is 11.6. The number of hydrogen-bond donors (Lipinski definition) is 3. The van der Waals surface area contributed by atoms with Crippen LogP contribution in [0, 0.1) is 10.8 Å². The first kappa shape index (κ1) is 29.4. The van der Waals surface area contributed by atoms with E-state index in [-0.39, 0.29) is 6.17 Å². The van der Waals surface area contributed by atoms with Crippen LogP contribution in [-0.2, 0) is 0 Å². The molecule has 0 saturated heterocycles. The number of aliphatic imine (C=N–C) groups is 1. The summed E-state index contributed by atoms with van der Waals surface area (Å²) in [5.41, 5.74) is 8.73. The molecule has 48 heavy (non-hydrogen) atoms. The summed E-state index contributed by atoms with van der Waals surface area (Å²) in [6, 6.07) is 53.4. The standard InChI is InChI=1S/C42H31N5S/c43-40(29-16-5-2-6-17-29)48-41(44)35-23-8-7-20-32(35)36-27-39(47-37-24-11-9-21-33(37)34-22-10-12-25-38(34)47)46-42(45-36)31-19-13-18-30(26-31)28-14-3-1-4-15-28/h1-27,39,43-44H,(H,45,46). The molecular formula is C42H31N5S. The van der Waals surface area contributed by atoms with Gasteiger partial charge in [-0.05, 0) is 35.4 Å². The molecule has 0 bridgehead atoms. The first-order valence-corrected chi connectivity index (χ1v) is 16.7. The van der Waals surface area contributed by atoms with Crippen LogP contribution < -0.4 is 5.32 Å². The lowest BCUT2D eigenvalue weighted by Crippen LogP contribution is -2.29. The monoisotopic (exact) mass is 637 g/mol. The van der Waals surface area contributed by atoms with E-state index in [0.717, 1.165) is 67.7 Å². The third kappa shape index (κ3) is 5.52. The van der Waals surface area contributed by atoms with E-state index in [1.54, 1.807) is 0 Å². The van der Waals surface area contributed by atoms with Crippen molar-refractivity contribution in [1.82, 2.24) is 9.88 Å². The maximum absolute atomic E-state index is 9.14. The molecule has 0 radical (unpaired) electrons. The Morgan fingerprint density at radius 1 is 0.583 bits per heavy atom. The summed E-state index contributed by atoms with van der Waals surface area (Å²) < 4.78 is 2.31. The first-order chi connectivity index (χ1) is 23.6. The van der Waals surface area contributed by atoms with Crippen molar-refractivity contribution in [2.45, 2.75) is 6.17 Å². The number of fused-ring (bicyclic) bond motifs is 3. The van der Waals surface area contributed by atoms with Crippen molar-refractivity contribution in [3.8, 4) is 11.1 Å². The Labute approximate surface area is 283 Å². The number of nitrogens with one attached hydrogen (secondary N) is 3. The van der Waals surface area contributed by atoms with Gasteiger partial charge in [0, 0.05) is 38.7 Å². The molecule has 6 aromatic carbocycles. The smallest absolute Gasteiger partial charge is 0.149 e. The molecular weight excluding hydrogens is 607 g/mol. The summed E-state index contributed by atoms with van der Waals surface area (Å²) in [6.45, 7) is 0. The van der Waals surface area contributed by atoms with Crippen LogP contribution in [-0.4, -0.2) is 20.5 Å². The van der Waals surface area contributed by atoms with Crippen LogP contribution >= 0.6 is 11.8 Å². The molecule has 1 aliphatic heterocycles. The summed E-state index contributed by atoms with van der Waals surface area (Å²) in [5.74, 6) is 0.753. The predicted octanol–water partition coefficient (Wildman–Crippen LogP) is 10.1. The highest BCUT2D eigenvalue weighted by Crippen LogP contribution is 2.36. The Balaban J connectivity index is 1.26. The van der Waals surface area contributed by atoms with Crippen molar-refractivity contribution in [2.24, 2.45) is 4.99 Å². The predicted molar refractivity (Wildman–Crippen MR) is 202 cm³/mol. The van der Waals surface area contributed by atoms with E-state index < -0.39 is 0 Å². The second-order valence-corrected chi connectivity index (χ2v) is 12.6. The van der Waals surface area contributed by atoms with E-state index in [0.29, 0.717) is 10.1 Å². The SMILES string of the molecule is N=C(SC(=N)c1ccccc1C1=CC(n2c3ccccc3c3ccccc32)N=C(c2cccc(-c3ccccc3)c2)N1)c1ccccc1. The zero-order valence-electron chi connectivity index (χ0n) is 26.0. The lowest BCUT2D eigenvalue weighted by molar-refractivity contribution is 0.668. The molecule has 230 valence electrons. The topological polar surface area (TPSA) is 77.0 Å². The maximum Gasteiger partial charge on any atom is 0.149 e. The largest absolute Gasteiger partial charge is 0.340 e. The number of benzene rings is 6. The zero-order chi connectivity index (χ0) is 32.5. The minimum Gasteiger partial charge on any atom is -0.340 e. The summed E-state index contributed by atoms with van der Waals surface area (Å²) in [4.78, 5) is 5.37. The fourth-order valence-corrected chi connectivity index (χ4v) is 7.14. The summed E-state index contributed by atoms with van der Waals surface area (Å²) >= 11 is 1.16. The fraction of sp³-hybridized carbons (Fsp3) is 0.0238. The van der Waals surface area contributed by atoms with Crippen molar-refractivity contribution < 1.29 is 0 Å². The van der Waals surface area contributed by atoms with Gasteiger partial charge >= 0.3 is 0 Å². The number of aromatic nitrogens is 1. The van der Waals surface area contributed by atoms with Gasteiger partial charge in [0.2, 0.25) is 0 Å². The van der Waals surface area contributed by atoms with E-state index in [1.807, 2.05) is 60.7 Å². The molecule has 0 spiro atoms. The molecule has 0 fully saturated rings. The Morgan fingerprint density at radius 2 is 1.17 bits per heavy atom. The van der Waals surface area contributed by atoms with Gasteiger partial charge < -0.3 is 9.88 Å². The van der Waals surface area contributed by atoms with Crippen LogP contribution in [0.25, 0.3) is 38.6 Å². The van der Waals surface area contributed by atoms with E-state index >= 15 is 0 Å². The van der Waals surface area contributed by atoms with Gasteiger partial charge in [-0.2, -0.15) is 0 Å². The minimum atomic E-state index is -0.362. The maximum atomic E-state index is 9.14. The lowest BCUT2D eigenvalue weighted by atomic mass is 10.0. The van der Waals surface area contributed by atoms with Crippen molar-refractivity contribution in [1.29, 1.82) is 10.8 Å². The Hall–Kier alpha value is -5.98. The van der Waals surface area contributed by atoms with Crippen LogP contribution in [0.5, 0.6) is 0 Å². The second kappa shape index (κ2) is 12.7. The molecule has 1 aliphatic rings. The van der Waals surface area contributed by atoms with Gasteiger partial charge in [0.25, 0.3) is 0 Å². The van der Waals surface area contributed by atoms with E-state index in [4.69, 9.17) is 15.8 Å². The average molecular weight is 638 g/mol. The molecule has 0 aliphatic carbocycles. The number of thioether (sulfide) groups is 1. The highest BCUT2D eigenvalue weighted by atomic mass is 32.2. The molecule has 7 aromatic rings. The Bertz CT molecular complexity index is 2340. The number of nitrogens with zero attached hydrogens (tertiary/aromatic N) is 2. The molecule has 3 N–H and O–H groups in total. The Kier molecular flexibility index (Phi) is 7.76. The van der Waals surface area contributed by atoms with Crippen LogP contribution in [0.1, 0.15) is 28.4 Å². The normalized spacial score (nSPS) is 14.3. The van der Waals surface area contributed by atoms with Gasteiger partial charge in [-0.3, -0.25) is 10.8 Å². The van der Waals surface area contributed by atoms with E-state index in [2.05, 4.69) is 113 Å². The zero-order valence-corrected chi connectivity index (χ0v) is 26.8. The molecule has 1 unspecified atom stereocenters. The third-order valence-electron chi connectivity index (χ3n) is 8.66. The van der Waals surface area contributed by atoms with E-state index in [9.17, 15) is 0 Å².